The predicted molar refractivity (Wildman–Crippen MR) is 112 cm³/mol. The van der Waals surface area contributed by atoms with Gasteiger partial charge in [-0.3, -0.25) is 9.59 Å². The monoisotopic (exact) mass is 456 g/mol. The van der Waals surface area contributed by atoms with Crippen LogP contribution in [0.3, 0.4) is 0 Å². The van der Waals surface area contributed by atoms with Crippen LogP contribution in [0.4, 0.5) is 15.8 Å². The normalized spacial score (nSPS) is 15.1. The molecule has 0 radical (unpaired) electrons. The zero-order chi connectivity index (χ0) is 21.2. The quantitative estimate of drug-likeness (QED) is 0.710. The molecule has 6 nitrogen and oxygen atoms in total. The molecule has 29 heavy (non-hydrogen) atoms. The van der Waals surface area contributed by atoms with Gasteiger partial charge in [-0.1, -0.05) is 18.5 Å². The van der Waals surface area contributed by atoms with E-state index in [1.807, 2.05) is 0 Å². The molecule has 1 aliphatic rings. The van der Waals surface area contributed by atoms with Crippen LogP contribution in [0.25, 0.3) is 0 Å². The number of anilines is 2. The summed E-state index contributed by atoms with van der Waals surface area (Å²) in [5.74, 6) is -2.30. The van der Waals surface area contributed by atoms with Gasteiger partial charge in [-0.15, -0.1) is 11.8 Å². The number of carbonyl (C=O) groups excluding carboxylic acids is 2. The van der Waals surface area contributed by atoms with E-state index in [0.717, 1.165) is 11.0 Å². The number of amides is 2. The standard InChI is InChI=1S/C19H18ClFN2O4S2/c1-11(19(25)23-15-4-2-12(20)8-14(15)21)10-29(26,27)13-3-5-17-16(9-13)22-18(24)6-7-28-17/h2-5,8-9,11H,6-7,10H2,1H3,(H,22,24)(H,23,25)/t11-/m0/s1. The van der Waals surface area contributed by atoms with Crippen molar-refractivity contribution in [1.29, 1.82) is 0 Å². The minimum atomic E-state index is -3.81. The molecule has 2 N–H and O–H groups in total. The topological polar surface area (TPSA) is 92.3 Å². The van der Waals surface area contributed by atoms with Gasteiger partial charge in [0, 0.05) is 28.0 Å². The highest BCUT2D eigenvalue weighted by molar-refractivity contribution is 7.99. The lowest BCUT2D eigenvalue weighted by Crippen LogP contribution is -2.27. The Morgan fingerprint density at radius 3 is 2.79 bits per heavy atom. The van der Waals surface area contributed by atoms with Crippen LogP contribution in [0, 0.1) is 11.7 Å². The summed E-state index contributed by atoms with van der Waals surface area (Å²) in [6, 6.07) is 8.30. The van der Waals surface area contributed by atoms with Crippen LogP contribution < -0.4 is 10.6 Å². The van der Waals surface area contributed by atoms with Gasteiger partial charge in [0.2, 0.25) is 11.8 Å². The summed E-state index contributed by atoms with van der Waals surface area (Å²) < 4.78 is 39.4. The van der Waals surface area contributed by atoms with E-state index >= 15 is 0 Å². The highest BCUT2D eigenvalue weighted by Crippen LogP contribution is 2.33. The van der Waals surface area contributed by atoms with Crippen LogP contribution in [0.5, 0.6) is 0 Å². The summed E-state index contributed by atoms with van der Waals surface area (Å²) in [6.45, 7) is 1.45. The molecule has 0 unspecified atom stereocenters. The third-order valence-electron chi connectivity index (χ3n) is 4.28. The first-order chi connectivity index (χ1) is 13.7. The number of carbonyl (C=O) groups is 2. The van der Waals surface area contributed by atoms with E-state index in [4.69, 9.17) is 11.6 Å². The van der Waals surface area contributed by atoms with Crippen molar-refractivity contribution in [3.05, 3.63) is 47.2 Å². The second-order valence-corrected chi connectivity index (χ2v) is 10.2. The first-order valence-electron chi connectivity index (χ1n) is 8.71. The maximum absolute atomic E-state index is 13.8. The number of hydrogen-bond donors (Lipinski definition) is 2. The maximum Gasteiger partial charge on any atom is 0.228 e. The van der Waals surface area contributed by atoms with Gasteiger partial charge in [0.05, 0.1) is 22.0 Å². The molecule has 2 aromatic carbocycles. The lowest BCUT2D eigenvalue weighted by atomic mass is 10.2. The Kier molecular flexibility index (Phi) is 6.50. The van der Waals surface area contributed by atoms with E-state index in [-0.39, 0.29) is 21.5 Å². The molecule has 0 aromatic heterocycles. The summed E-state index contributed by atoms with van der Waals surface area (Å²) in [7, 11) is -3.81. The summed E-state index contributed by atoms with van der Waals surface area (Å²) in [4.78, 5) is 24.9. The molecule has 0 saturated heterocycles. The van der Waals surface area contributed by atoms with Crippen molar-refractivity contribution in [2.45, 2.75) is 23.1 Å². The number of hydrogen-bond acceptors (Lipinski definition) is 5. The molecule has 1 heterocycles. The first-order valence-corrected chi connectivity index (χ1v) is 11.7. The molecular weight excluding hydrogens is 439 g/mol. The van der Waals surface area contributed by atoms with Crippen LogP contribution in [-0.2, 0) is 19.4 Å². The molecule has 0 bridgehead atoms. The number of nitrogens with one attached hydrogen (secondary N) is 2. The van der Waals surface area contributed by atoms with Gasteiger partial charge in [0.1, 0.15) is 5.82 Å². The van der Waals surface area contributed by atoms with Gasteiger partial charge in [0.15, 0.2) is 9.84 Å². The van der Waals surface area contributed by atoms with Crippen LogP contribution in [0.2, 0.25) is 5.02 Å². The Morgan fingerprint density at radius 2 is 2.07 bits per heavy atom. The predicted octanol–water partition coefficient (Wildman–Crippen LogP) is 3.96. The zero-order valence-electron chi connectivity index (χ0n) is 15.4. The highest BCUT2D eigenvalue weighted by atomic mass is 35.5. The molecule has 2 aromatic rings. The lowest BCUT2D eigenvalue weighted by molar-refractivity contribution is -0.119. The average molecular weight is 457 g/mol. The number of sulfone groups is 1. The van der Waals surface area contributed by atoms with E-state index in [2.05, 4.69) is 10.6 Å². The largest absolute Gasteiger partial charge is 0.325 e. The smallest absolute Gasteiger partial charge is 0.228 e. The summed E-state index contributed by atoms with van der Waals surface area (Å²) in [6.07, 6.45) is 0.347. The van der Waals surface area contributed by atoms with Gasteiger partial charge in [-0.25, -0.2) is 12.8 Å². The van der Waals surface area contributed by atoms with Crippen LogP contribution in [-0.4, -0.2) is 31.7 Å². The van der Waals surface area contributed by atoms with E-state index < -0.39 is 33.2 Å². The van der Waals surface area contributed by atoms with Crippen molar-refractivity contribution in [1.82, 2.24) is 0 Å². The van der Waals surface area contributed by atoms with Gasteiger partial charge in [0.25, 0.3) is 0 Å². The second kappa shape index (κ2) is 8.73. The fraction of sp³-hybridized carbons (Fsp3) is 0.263. The third-order valence-corrected chi connectivity index (χ3v) is 7.50. The Morgan fingerprint density at radius 1 is 1.31 bits per heavy atom. The van der Waals surface area contributed by atoms with E-state index in [0.29, 0.717) is 17.9 Å². The molecule has 2 amide bonds. The molecule has 0 fully saturated rings. The fourth-order valence-electron chi connectivity index (χ4n) is 2.74. The van der Waals surface area contributed by atoms with Crippen molar-refractivity contribution in [2.24, 2.45) is 5.92 Å². The molecule has 0 saturated carbocycles. The Balaban J connectivity index is 1.74. The molecule has 1 atom stereocenters. The number of thioether (sulfide) groups is 1. The fourth-order valence-corrected chi connectivity index (χ4v) is 5.41. The van der Waals surface area contributed by atoms with Crippen molar-refractivity contribution < 1.29 is 22.4 Å². The SMILES string of the molecule is C[C@@H](CS(=O)(=O)c1ccc2c(c1)NC(=O)CCS2)C(=O)Nc1ccc(Cl)cc1F. The summed E-state index contributed by atoms with van der Waals surface area (Å²) in [5, 5.41) is 5.26. The number of rotatable bonds is 5. The Hall–Kier alpha value is -2.10. The van der Waals surface area contributed by atoms with Crippen LogP contribution >= 0.6 is 23.4 Å². The summed E-state index contributed by atoms with van der Waals surface area (Å²) in [5.41, 5.74) is 0.368. The highest BCUT2D eigenvalue weighted by Gasteiger charge is 2.25. The molecule has 154 valence electrons. The zero-order valence-corrected chi connectivity index (χ0v) is 17.8. The van der Waals surface area contributed by atoms with Crippen molar-refractivity contribution in [3.63, 3.8) is 0 Å². The molecule has 0 aliphatic carbocycles. The van der Waals surface area contributed by atoms with Crippen LogP contribution in [0.1, 0.15) is 13.3 Å². The van der Waals surface area contributed by atoms with Gasteiger partial charge >= 0.3 is 0 Å². The average Bonchev–Trinajstić information content (AvgIpc) is 2.83. The van der Waals surface area contributed by atoms with Crippen molar-refractivity contribution >= 4 is 56.4 Å². The minimum absolute atomic E-state index is 0.0105. The van der Waals surface area contributed by atoms with E-state index in [1.165, 1.54) is 43.0 Å². The first kappa shape index (κ1) is 21.6. The van der Waals surface area contributed by atoms with Gasteiger partial charge in [-0.2, -0.15) is 0 Å². The molecule has 10 heteroatoms. The second-order valence-electron chi connectivity index (χ2n) is 6.60. The number of halogens is 2. The van der Waals surface area contributed by atoms with E-state index in [1.54, 1.807) is 6.07 Å². The molecular formula is C19H18ClFN2O4S2. The van der Waals surface area contributed by atoms with Gasteiger partial charge in [-0.05, 0) is 36.4 Å². The Bertz CT molecular complexity index is 1080. The third kappa shape index (κ3) is 5.29. The molecule has 3 rings (SSSR count). The van der Waals surface area contributed by atoms with E-state index in [9.17, 15) is 22.4 Å². The maximum atomic E-state index is 13.8. The number of fused-ring (bicyclic) bond motifs is 1. The number of benzene rings is 2. The van der Waals surface area contributed by atoms with Crippen molar-refractivity contribution in [2.75, 3.05) is 22.1 Å². The van der Waals surface area contributed by atoms with Gasteiger partial charge < -0.3 is 10.6 Å². The minimum Gasteiger partial charge on any atom is -0.325 e. The lowest BCUT2D eigenvalue weighted by Gasteiger charge is -2.14. The van der Waals surface area contributed by atoms with Crippen LogP contribution in [0.15, 0.2) is 46.2 Å². The summed E-state index contributed by atoms with van der Waals surface area (Å²) >= 11 is 7.15. The molecule has 1 aliphatic heterocycles. The molecule has 0 spiro atoms. The van der Waals surface area contributed by atoms with Crippen molar-refractivity contribution in [3.8, 4) is 0 Å². The Labute approximate surface area is 177 Å².